The minimum Gasteiger partial charge on any atom is -0.493 e. The predicted octanol–water partition coefficient (Wildman–Crippen LogP) is 5.73. The standard InChI is InChI=1S/C35H40N4O8S/c1-20(2)48(43,44)31-14-11-24(38-35(42)47-6)18-27(31)28-8-7-15-39(28)34(41)32(22-9-13-29(45-4)30(16-22)46-5)37-23-10-12-25-21(3)19-36-33(40)26(25)17-23/h9-14,16-20,28,32,37H,7-8,15H2,1-6H3,(H,36,40)(H,38,42). The van der Waals surface area contributed by atoms with Crippen molar-refractivity contribution in [1.29, 1.82) is 0 Å². The first-order chi connectivity index (χ1) is 22.9. The number of sulfone groups is 1. The summed E-state index contributed by atoms with van der Waals surface area (Å²) in [6, 6.07) is 13.5. The van der Waals surface area contributed by atoms with Crippen molar-refractivity contribution >= 4 is 44.0 Å². The number of ether oxygens (including phenoxy) is 3. The number of fused-ring (bicyclic) bond motifs is 1. The molecule has 1 aliphatic rings. The maximum atomic E-state index is 14.8. The SMILES string of the molecule is COC(=O)Nc1ccc(S(=O)(=O)C(C)C)c(C2CCCN2C(=O)C(Nc2ccc3c(C)c[nH]c(=O)c3c2)c2ccc(OC)c(OC)c2)c1. The molecular formula is C35H40N4O8S. The fraction of sp³-hybridized carbons (Fsp3) is 0.343. The van der Waals surface area contributed by atoms with Crippen LogP contribution in [0.5, 0.6) is 11.5 Å². The molecule has 2 unspecified atom stereocenters. The normalized spacial score (nSPS) is 15.3. The van der Waals surface area contributed by atoms with Gasteiger partial charge in [-0.2, -0.15) is 0 Å². The molecule has 5 rings (SSSR count). The summed E-state index contributed by atoms with van der Waals surface area (Å²) < 4.78 is 42.9. The van der Waals surface area contributed by atoms with Crippen LogP contribution < -0.4 is 25.7 Å². The Hall–Kier alpha value is -5.04. The molecule has 1 aliphatic heterocycles. The quantitative estimate of drug-likeness (QED) is 0.191. The Balaban J connectivity index is 1.62. The van der Waals surface area contributed by atoms with E-state index in [1.54, 1.807) is 55.3 Å². The Kier molecular flexibility index (Phi) is 9.99. The minimum atomic E-state index is -3.77. The summed E-state index contributed by atoms with van der Waals surface area (Å²) in [5.41, 5.74) is 2.49. The first kappa shape index (κ1) is 34.3. The summed E-state index contributed by atoms with van der Waals surface area (Å²) in [7, 11) is 0.492. The van der Waals surface area contributed by atoms with E-state index in [9.17, 15) is 22.8 Å². The molecule has 2 atom stereocenters. The van der Waals surface area contributed by atoms with Gasteiger partial charge in [0.15, 0.2) is 21.3 Å². The van der Waals surface area contributed by atoms with Gasteiger partial charge in [-0.15, -0.1) is 0 Å². The second kappa shape index (κ2) is 14.0. The maximum Gasteiger partial charge on any atom is 0.411 e. The molecule has 12 nitrogen and oxygen atoms in total. The number of likely N-dealkylation sites (tertiary alicyclic amines) is 1. The number of pyridine rings is 1. The van der Waals surface area contributed by atoms with Crippen LogP contribution in [0.1, 0.15) is 55.5 Å². The van der Waals surface area contributed by atoms with Crippen molar-refractivity contribution in [2.45, 2.75) is 55.8 Å². The number of anilines is 2. The summed E-state index contributed by atoms with van der Waals surface area (Å²) in [6.45, 7) is 5.47. The first-order valence-electron chi connectivity index (χ1n) is 15.5. The predicted molar refractivity (Wildman–Crippen MR) is 184 cm³/mol. The van der Waals surface area contributed by atoms with Crippen LogP contribution in [0.2, 0.25) is 0 Å². The third kappa shape index (κ3) is 6.68. The molecule has 0 bridgehead atoms. The van der Waals surface area contributed by atoms with Gasteiger partial charge in [0.05, 0.1) is 37.5 Å². The Morgan fingerprint density at radius 1 is 0.938 bits per heavy atom. The Morgan fingerprint density at radius 3 is 2.35 bits per heavy atom. The van der Waals surface area contributed by atoms with Gasteiger partial charge in [-0.1, -0.05) is 12.1 Å². The number of benzene rings is 3. The molecule has 4 aromatic rings. The molecule has 0 spiro atoms. The van der Waals surface area contributed by atoms with Gasteiger partial charge in [0.1, 0.15) is 6.04 Å². The molecule has 3 aromatic carbocycles. The largest absolute Gasteiger partial charge is 0.493 e. The number of carbonyl (C=O) groups is 2. The lowest BCUT2D eigenvalue weighted by molar-refractivity contribution is -0.133. The highest BCUT2D eigenvalue weighted by Crippen LogP contribution is 2.41. The highest BCUT2D eigenvalue weighted by atomic mass is 32.2. The maximum absolute atomic E-state index is 14.8. The van der Waals surface area contributed by atoms with Crippen molar-refractivity contribution in [3.05, 3.63) is 87.8 Å². The van der Waals surface area contributed by atoms with E-state index in [1.807, 2.05) is 19.1 Å². The van der Waals surface area contributed by atoms with Crippen LogP contribution in [0.15, 0.2) is 70.5 Å². The smallest absolute Gasteiger partial charge is 0.411 e. The molecular weight excluding hydrogens is 636 g/mol. The van der Waals surface area contributed by atoms with Gasteiger partial charge in [0.2, 0.25) is 5.91 Å². The zero-order chi connectivity index (χ0) is 34.7. The zero-order valence-corrected chi connectivity index (χ0v) is 28.6. The van der Waals surface area contributed by atoms with Crippen LogP contribution >= 0.6 is 0 Å². The number of methoxy groups -OCH3 is 3. The average Bonchev–Trinajstić information content (AvgIpc) is 3.58. The second-order valence-electron chi connectivity index (χ2n) is 11.9. The lowest BCUT2D eigenvalue weighted by atomic mass is 10.00. The highest BCUT2D eigenvalue weighted by molar-refractivity contribution is 7.92. The molecule has 1 fully saturated rings. The number of aryl methyl sites for hydroxylation is 1. The van der Waals surface area contributed by atoms with E-state index in [0.29, 0.717) is 58.8 Å². The van der Waals surface area contributed by atoms with Gasteiger partial charge in [-0.25, -0.2) is 13.2 Å². The molecule has 2 heterocycles. The van der Waals surface area contributed by atoms with Crippen molar-refractivity contribution in [3.63, 3.8) is 0 Å². The summed E-state index contributed by atoms with van der Waals surface area (Å²) in [6.07, 6.45) is 2.07. The van der Waals surface area contributed by atoms with Gasteiger partial charge in [0.25, 0.3) is 5.56 Å². The van der Waals surface area contributed by atoms with E-state index in [-0.39, 0.29) is 16.4 Å². The van der Waals surface area contributed by atoms with E-state index < -0.39 is 33.3 Å². The Bertz CT molecular complexity index is 2030. The van der Waals surface area contributed by atoms with Crippen molar-refractivity contribution in [3.8, 4) is 11.5 Å². The molecule has 13 heteroatoms. The average molecular weight is 677 g/mol. The number of rotatable bonds is 10. The van der Waals surface area contributed by atoms with Crippen molar-refractivity contribution in [2.75, 3.05) is 38.5 Å². The van der Waals surface area contributed by atoms with E-state index in [1.165, 1.54) is 33.5 Å². The van der Waals surface area contributed by atoms with Crippen LogP contribution in [0.25, 0.3) is 10.8 Å². The van der Waals surface area contributed by atoms with Gasteiger partial charge < -0.3 is 29.4 Å². The number of nitrogens with zero attached hydrogens (tertiary/aromatic N) is 1. The Labute approximate surface area is 279 Å². The molecule has 1 saturated heterocycles. The van der Waals surface area contributed by atoms with Crippen molar-refractivity contribution in [2.24, 2.45) is 0 Å². The first-order valence-corrected chi connectivity index (χ1v) is 17.1. The number of H-pyrrole nitrogens is 1. The number of hydrogen-bond donors (Lipinski definition) is 3. The molecule has 1 aromatic heterocycles. The van der Waals surface area contributed by atoms with Gasteiger partial charge in [0, 0.05) is 29.5 Å². The van der Waals surface area contributed by atoms with E-state index in [4.69, 9.17) is 14.2 Å². The van der Waals surface area contributed by atoms with Crippen molar-refractivity contribution < 1.29 is 32.2 Å². The van der Waals surface area contributed by atoms with Crippen molar-refractivity contribution in [1.82, 2.24) is 9.88 Å². The molecule has 254 valence electrons. The molecule has 48 heavy (non-hydrogen) atoms. The number of aromatic nitrogens is 1. The lowest BCUT2D eigenvalue weighted by Gasteiger charge is -2.32. The number of hydrogen-bond acceptors (Lipinski definition) is 9. The van der Waals surface area contributed by atoms with Gasteiger partial charge in [-0.3, -0.25) is 14.9 Å². The fourth-order valence-corrected chi connectivity index (χ4v) is 7.36. The van der Waals surface area contributed by atoms with E-state index in [2.05, 4.69) is 15.6 Å². The van der Waals surface area contributed by atoms with Crippen LogP contribution in [0, 0.1) is 6.92 Å². The third-order valence-corrected chi connectivity index (χ3v) is 10.9. The third-order valence-electron chi connectivity index (χ3n) is 8.67. The van der Waals surface area contributed by atoms with Crippen LogP contribution in [-0.4, -0.2) is 63.4 Å². The van der Waals surface area contributed by atoms with E-state index >= 15 is 0 Å². The van der Waals surface area contributed by atoms with Crippen LogP contribution in [-0.2, 0) is 19.4 Å². The summed E-state index contributed by atoms with van der Waals surface area (Å²) >= 11 is 0. The van der Waals surface area contributed by atoms with E-state index in [0.717, 1.165) is 10.9 Å². The molecule has 0 aliphatic carbocycles. The summed E-state index contributed by atoms with van der Waals surface area (Å²) in [5.74, 6) is 0.588. The highest BCUT2D eigenvalue weighted by Gasteiger charge is 2.38. The van der Waals surface area contributed by atoms with Crippen LogP contribution in [0.4, 0.5) is 16.2 Å². The summed E-state index contributed by atoms with van der Waals surface area (Å²) in [5, 5.41) is 6.49. The number of amides is 2. The van der Waals surface area contributed by atoms with Gasteiger partial charge >= 0.3 is 6.09 Å². The fourth-order valence-electron chi connectivity index (χ4n) is 6.07. The molecule has 3 N–H and O–H groups in total. The molecule has 2 amide bonds. The zero-order valence-electron chi connectivity index (χ0n) is 27.7. The number of carbonyl (C=O) groups excluding carboxylic acids is 2. The number of nitrogens with one attached hydrogen (secondary N) is 3. The topological polar surface area (TPSA) is 156 Å². The molecule has 0 saturated carbocycles. The summed E-state index contributed by atoms with van der Waals surface area (Å²) in [4.78, 5) is 44.1. The number of aromatic amines is 1. The van der Waals surface area contributed by atoms with Crippen LogP contribution in [0.3, 0.4) is 0 Å². The monoisotopic (exact) mass is 676 g/mol. The minimum absolute atomic E-state index is 0.0948. The van der Waals surface area contributed by atoms with Gasteiger partial charge in [-0.05, 0) is 98.2 Å². The Morgan fingerprint density at radius 2 is 1.67 bits per heavy atom. The lowest BCUT2D eigenvalue weighted by Crippen LogP contribution is -2.38. The molecule has 0 radical (unpaired) electrons. The second-order valence-corrected chi connectivity index (χ2v) is 14.4.